The number of hydrogen-bond donors (Lipinski definition) is 3. The van der Waals surface area contributed by atoms with E-state index in [2.05, 4.69) is 29.5 Å². The topological polar surface area (TPSA) is 119 Å². The molecule has 1 aliphatic heterocycles. The van der Waals surface area contributed by atoms with Crippen LogP contribution >= 0.6 is 0 Å². The molecule has 0 aliphatic carbocycles. The molecular weight excluding hydrogens is 452 g/mol. The molecule has 36 heavy (non-hydrogen) atoms. The molecule has 2 aromatic carbocycles. The molecule has 1 aliphatic rings. The smallest absolute Gasteiger partial charge is 0.224 e. The lowest BCUT2D eigenvalue weighted by molar-refractivity contribution is -0.454. The van der Waals surface area contributed by atoms with Crippen molar-refractivity contribution in [1.29, 1.82) is 5.53 Å². The standard InChI is InChI=1S/C28H32N6O2/c1-20-5-8-27(34(19-29)32-30)26(15-20)24-6-7-25(31-18-24)17-21-3-2-4-23(16-21)22-9-12-33(13-10-22)28(36)11-14-35/h2-8,15-16,18-19,22,29-30,35H,9-14,17H2,1H3/p+1. The van der Waals surface area contributed by atoms with Gasteiger partial charge >= 0.3 is 0 Å². The molecule has 0 spiro atoms. The summed E-state index contributed by atoms with van der Waals surface area (Å²) in [6, 6.07) is 18.6. The number of amides is 1. The molecule has 1 saturated heterocycles. The highest BCUT2D eigenvalue weighted by Gasteiger charge is 2.23. The highest BCUT2D eigenvalue weighted by molar-refractivity contribution is 5.76. The zero-order chi connectivity index (χ0) is 25.5. The summed E-state index contributed by atoms with van der Waals surface area (Å²) in [5.41, 5.74) is 20.2. The Balaban J connectivity index is 1.46. The van der Waals surface area contributed by atoms with Gasteiger partial charge in [-0.15, -0.1) is 4.68 Å². The SMILES string of the molecule is Cc1ccc([N+](=CN)N=N)c(-c2ccc(Cc3cccc(C4CCN(C(=O)CCO)CC4)c3)nc2)c1. The second-order valence-corrected chi connectivity index (χ2v) is 9.20. The zero-order valence-corrected chi connectivity index (χ0v) is 20.6. The molecule has 3 aromatic rings. The van der Waals surface area contributed by atoms with Crippen LogP contribution < -0.4 is 5.73 Å². The minimum atomic E-state index is -0.0896. The van der Waals surface area contributed by atoms with Crippen LogP contribution in [0.2, 0.25) is 0 Å². The minimum Gasteiger partial charge on any atom is -0.396 e. The summed E-state index contributed by atoms with van der Waals surface area (Å²) < 4.78 is 1.33. The molecule has 1 fully saturated rings. The molecule has 0 unspecified atom stereocenters. The number of hydrogen-bond acceptors (Lipinski definition) is 5. The lowest BCUT2D eigenvalue weighted by atomic mass is 9.88. The fraction of sp³-hybridized carbons (Fsp3) is 0.321. The second kappa shape index (κ2) is 11.7. The lowest BCUT2D eigenvalue weighted by Crippen LogP contribution is -2.38. The van der Waals surface area contributed by atoms with Crippen LogP contribution in [0, 0.1) is 12.5 Å². The van der Waals surface area contributed by atoms with E-state index >= 15 is 0 Å². The Morgan fingerprint density at radius 2 is 2.03 bits per heavy atom. The number of rotatable bonds is 8. The van der Waals surface area contributed by atoms with E-state index in [1.54, 1.807) is 0 Å². The predicted molar refractivity (Wildman–Crippen MR) is 139 cm³/mol. The molecular formula is C28H33N6O2+. The fourth-order valence-corrected chi connectivity index (χ4v) is 4.82. The number of carbonyl (C=O) groups is 1. The van der Waals surface area contributed by atoms with Crippen molar-refractivity contribution in [3.05, 3.63) is 83.2 Å². The number of aliphatic hydroxyl groups excluding tert-OH is 1. The molecule has 0 bridgehead atoms. The zero-order valence-electron chi connectivity index (χ0n) is 20.6. The largest absolute Gasteiger partial charge is 0.396 e. The first-order valence-electron chi connectivity index (χ1n) is 12.3. The molecule has 0 radical (unpaired) electrons. The van der Waals surface area contributed by atoms with Crippen molar-refractivity contribution in [3.8, 4) is 11.1 Å². The van der Waals surface area contributed by atoms with Crippen LogP contribution in [0.5, 0.6) is 0 Å². The van der Waals surface area contributed by atoms with Crippen LogP contribution in [-0.4, -0.2) is 51.6 Å². The third kappa shape index (κ3) is 5.83. The van der Waals surface area contributed by atoms with E-state index < -0.39 is 0 Å². The Bertz CT molecular complexity index is 1250. The molecule has 4 N–H and O–H groups in total. The Kier molecular flexibility index (Phi) is 8.17. The van der Waals surface area contributed by atoms with Crippen molar-refractivity contribution in [2.24, 2.45) is 11.0 Å². The van der Waals surface area contributed by atoms with Crippen LogP contribution in [0.15, 0.2) is 66.0 Å². The van der Waals surface area contributed by atoms with E-state index in [1.807, 2.05) is 48.4 Å². The Morgan fingerprint density at radius 1 is 1.22 bits per heavy atom. The van der Waals surface area contributed by atoms with Gasteiger partial charge in [0.25, 0.3) is 0 Å². The number of aromatic nitrogens is 1. The second-order valence-electron chi connectivity index (χ2n) is 9.20. The van der Waals surface area contributed by atoms with Crippen molar-refractivity contribution in [2.45, 2.75) is 38.5 Å². The number of piperidine rings is 1. The predicted octanol–water partition coefficient (Wildman–Crippen LogP) is 4.31. The summed E-state index contributed by atoms with van der Waals surface area (Å²) in [5, 5.41) is 12.5. The molecule has 4 rings (SSSR count). The summed E-state index contributed by atoms with van der Waals surface area (Å²) in [6.45, 7) is 3.41. The summed E-state index contributed by atoms with van der Waals surface area (Å²) in [4.78, 5) is 18.6. The van der Waals surface area contributed by atoms with Gasteiger partial charge in [0.05, 0.1) is 11.8 Å². The lowest BCUT2D eigenvalue weighted by Gasteiger charge is -2.32. The quantitative estimate of drug-likeness (QED) is 0.145. The van der Waals surface area contributed by atoms with Gasteiger partial charge in [-0.3, -0.25) is 9.78 Å². The highest BCUT2D eigenvalue weighted by atomic mass is 16.3. The first-order chi connectivity index (χ1) is 17.5. The van der Waals surface area contributed by atoms with E-state index in [4.69, 9.17) is 21.4 Å². The van der Waals surface area contributed by atoms with Crippen molar-refractivity contribution >= 4 is 17.9 Å². The van der Waals surface area contributed by atoms with Crippen molar-refractivity contribution < 1.29 is 14.6 Å². The van der Waals surface area contributed by atoms with E-state index in [-0.39, 0.29) is 18.9 Å². The van der Waals surface area contributed by atoms with E-state index in [1.165, 1.54) is 22.1 Å². The maximum absolute atomic E-state index is 12.0. The van der Waals surface area contributed by atoms with Crippen LogP contribution in [0.25, 0.3) is 11.1 Å². The van der Waals surface area contributed by atoms with Gasteiger partial charge in [0.2, 0.25) is 12.2 Å². The van der Waals surface area contributed by atoms with Gasteiger partial charge in [-0.25, -0.2) is 0 Å². The number of nitrogens with one attached hydrogen (secondary N) is 1. The van der Waals surface area contributed by atoms with Gasteiger partial charge in [0.15, 0.2) is 0 Å². The Morgan fingerprint density at radius 3 is 2.69 bits per heavy atom. The average molecular weight is 486 g/mol. The van der Waals surface area contributed by atoms with Gasteiger partial charge in [-0.2, -0.15) is 0 Å². The monoisotopic (exact) mass is 485 g/mol. The first kappa shape index (κ1) is 25.2. The summed E-state index contributed by atoms with van der Waals surface area (Å²) in [6.07, 6.45) is 5.94. The molecule has 186 valence electrons. The van der Waals surface area contributed by atoms with Gasteiger partial charge in [0.1, 0.15) is 5.69 Å². The first-order valence-corrected chi connectivity index (χ1v) is 12.3. The maximum Gasteiger partial charge on any atom is 0.224 e. The number of carbonyl (C=O) groups excluding carboxylic acids is 1. The van der Waals surface area contributed by atoms with Crippen LogP contribution in [-0.2, 0) is 11.2 Å². The number of aliphatic hydroxyl groups is 1. The number of aryl methyl sites for hydroxylation is 1. The number of likely N-dealkylation sites (tertiary alicyclic amines) is 1. The minimum absolute atomic E-state index is 0.0416. The van der Waals surface area contributed by atoms with Crippen molar-refractivity contribution in [3.63, 3.8) is 0 Å². The molecule has 2 heterocycles. The fourth-order valence-electron chi connectivity index (χ4n) is 4.82. The van der Waals surface area contributed by atoms with Crippen LogP contribution in [0.4, 0.5) is 5.69 Å². The molecule has 0 atom stereocenters. The highest BCUT2D eigenvalue weighted by Crippen LogP contribution is 2.32. The summed E-state index contributed by atoms with van der Waals surface area (Å²) in [5.74, 6) is 0.475. The Labute approximate surface area is 211 Å². The average Bonchev–Trinajstić information content (AvgIpc) is 2.91. The normalized spacial score (nSPS) is 14.6. The van der Waals surface area contributed by atoms with Crippen LogP contribution in [0.3, 0.4) is 0 Å². The summed E-state index contributed by atoms with van der Waals surface area (Å²) in [7, 11) is 0. The van der Waals surface area contributed by atoms with Gasteiger partial charge in [-0.1, -0.05) is 47.5 Å². The summed E-state index contributed by atoms with van der Waals surface area (Å²) >= 11 is 0. The third-order valence-corrected chi connectivity index (χ3v) is 6.76. The molecule has 8 heteroatoms. The molecule has 1 amide bonds. The third-order valence-electron chi connectivity index (χ3n) is 6.76. The molecule has 1 aromatic heterocycles. The van der Waals surface area contributed by atoms with Crippen molar-refractivity contribution in [1.82, 2.24) is 9.88 Å². The Hall–Kier alpha value is -3.91. The number of benzene rings is 2. The maximum atomic E-state index is 12.0. The van der Waals surface area contributed by atoms with Gasteiger partial charge < -0.3 is 15.7 Å². The van der Waals surface area contributed by atoms with Gasteiger partial charge in [0, 0.05) is 48.9 Å². The van der Waals surface area contributed by atoms with E-state index in [0.717, 1.165) is 60.4 Å². The number of nitrogens with two attached hydrogens (primary N) is 1. The van der Waals surface area contributed by atoms with Crippen LogP contribution in [0.1, 0.15) is 47.6 Å². The number of nitrogens with zero attached hydrogens (tertiary/aromatic N) is 4. The van der Waals surface area contributed by atoms with E-state index in [9.17, 15) is 4.79 Å². The van der Waals surface area contributed by atoms with Crippen molar-refractivity contribution in [2.75, 3.05) is 19.7 Å². The molecule has 8 nitrogen and oxygen atoms in total. The number of pyridine rings is 1. The molecule has 0 saturated carbocycles. The van der Waals surface area contributed by atoms with E-state index in [0.29, 0.717) is 5.92 Å². The van der Waals surface area contributed by atoms with Gasteiger partial charge in [-0.05, 0) is 55.0 Å².